The number of nitrogens with one attached hydrogen (secondary N) is 2. The van der Waals surface area contributed by atoms with Crippen LogP contribution in [0, 0.1) is 12.7 Å². The fourth-order valence-corrected chi connectivity index (χ4v) is 5.53. The number of halogens is 4. The molecule has 1 aliphatic heterocycles. The van der Waals surface area contributed by atoms with E-state index >= 15 is 0 Å². The highest BCUT2D eigenvalue weighted by Gasteiger charge is 2.36. The molecule has 0 bridgehead atoms. The molecule has 3 aromatic carbocycles. The minimum absolute atomic E-state index is 0.115. The van der Waals surface area contributed by atoms with Crippen molar-refractivity contribution in [2.75, 3.05) is 23.1 Å². The van der Waals surface area contributed by atoms with E-state index in [9.17, 15) is 27.2 Å². The molecule has 2 N–H and O–H groups in total. The van der Waals surface area contributed by atoms with Crippen molar-refractivity contribution in [3.05, 3.63) is 89.8 Å². The second-order valence-electron chi connectivity index (χ2n) is 10.0. The third kappa shape index (κ3) is 7.87. The molecule has 2 heterocycles. The fourth-order valence-electron chi connectivity index (χ4n) is 4.52. The summed E-state index contributed by atoms with van der Waals surface area (Å²) in [6, 6.07) is 13.8. The van der Waals surface area contributed by atoms with Crippen LogP contribution in [0.3, 0.4) is 0 Å². The van der Waals surface area contributed by atoms with Crippen molar-refractivity contribution in [3.8, 4) is 17.2 Å². The summed E-state index contributed by atoms with van der Waals surface area (Å²) in [6.45, 7) is 3.62. The van der Waals surface area contributed by atoms with Crippen LogP contribution in [0.15, 0.2) is 67.0 Å². The second kappa shape index (κ2) is 13.7. The van der Waals surface area contributed by atoms with Crippen LogP contribution in [-0.2, 0) is 16.1 Å². The Kier molecular flexibility index (Phi) is 9.67. The van der Waals surface area contributed by atoms with Gasteiger partial charge in [-0.2, -0.15) is 0 Å². The monoisotopic (exact) mass is 660 g/mol. The standard InChI is InChI=1S/C30H28F4N6O5S/c1-17-4-10-22(18(2)43-3)25(12-17)40-27(41)15-46-29(40)37-28(42)36-24-11-9-21(13-23(24)31)44-14-26-35-16-39(38-26)19-5-7-20(8-6-19)45-30(32,33)34/h4-13,16,18,29H,14-15H2,1-3H3,(H2,36,37,42). The van der Waals surface area contributed by atoms with E-state index in [1.807, 2.05) is 32.0 Å². The predicted molar refractivity (Wildman–Crippen MR) is 161 cm³/mol. The Morgan fingerprint density at radius 1 is 1.11 bits per heavy atom. The lowest BCUT2D eigenvalue weighted by Crippen LogP contribution is -2.46. The first-order valence-electron chi connectivity index (χ1n) is 13.7. The molecule has 11 nitrogen and oxygen atoms in total. The van der Waals surface area contributed by atoms with Crippen molar-refractivity contribution < 1.29 is 41.4 Å². The minimum Gasteiger partial charge on any atom is -0.485 e. The largest absolute Gasteiger partial charge is 0.573 e. The Labute approximate surface area is 264 Å². The zero-order valence-corrected chi connectivity index (χ0v) is 25.5. The molecule has 5 rings (SSSR count). The molecule has 46 heavy (non-hydrogen) atoms. The summed E-state index contributed by atoms with van der Waals surface area (Å²) >= 11 is 1.23. The van der Waals surface area contributed by atoms with Gasteiger partial charge in [0.05, 0.1) is 28.9 Å². The highest BCUT2D eigenvalue weighted by molar-refractivity contribution is 8.01. The first-order chi connectivity index (χ1) is 21.9. The van der Waals surface area contributed by atoms with Crippen molar-refractivity contribution in [1.82, 2.24) is 20.1 Å². The average molecular weight is 661 g/mol. The number of carbonyl (C=O) groups is 2. The molecule has 242 valence electrons. The Morgan fingerprint density at radius 2 is 1.85 bits per heavy atom. The fraction of sp³-hybridized carbons (Fsp3) is 0.267. The van der Waals surface area contributed by atoms with Gasteiger partial charge in [-0.25, -0.2) is 18.9 Å². The van der Waals surface area contributed by atoms with Crippen LogP contribution in [0.1, 0.15) is 30.0 Å². The molecule has 0 radical (unpaired) electrons. The number of anilines is 2. The number of benzene rings is 3. The Balaban J connectivity index is 1.18. The van der Waals surface area contributed by atoms with Gasteiger partial charge in [-0.3, -0.25) is 9.69 Å². The predicted octanol–water partition coefficient (Wildman–Crippen LogP) is 6.08. The first kappa shape index (κ1) is 32.6. The van der Waals surface area contributed by atoms with Crippen LogP contribution in [0.4, 0.5) is 33.7 Å². The summed E-state index contributed by atoms with van der Waals surface area (Å²) in [5.74, 6) is -0.824. The molecule has 2 atom stereocenters. The van der Waals surface area contributed by atoms with E-state index in [-0.39, 0.29) is 47.4 Å². The molecular weight excluding hydrogens is 632 g/mol. The number of thioether (sulfide) groups is 1. The van der Waals surface area contributed by atoms with Crippen LogP contribution in [0.25, 0.3) is 5.69 Å². The van der Waals surface area contributed by atoms with Crippen molar-refractivity contribution >= 4 is 35.1 Å². The number of urea groups is 1. The van der Waals surface area contributed by atoms with Crippen molar-refractivity contribution in [1.29, 1.82) is 0 Å². The van der Waals surface area contributed by atoms with Crippen molar-refractivity contribution in [2.45, 2.75) is 38.4 Å². The summed E-state index contributed by atoms with van der Waals surface area (Å²) in [5.41, 5.74) is 1.91. The van der Waals surface area contributed by atoms with Crippen LogP contribution in [0.5, 0.6) is 11.5 Å². The smallest absolute Gasteiger partial charge is 0.485 e. The van der Waals surface area contributed by atoms with Gasteiger partial charge in [0.1, 0.15) is 30.3 Å². The lowest BCUT2D eigenvalue weighted by Gasteiger charge is -2.28. The van der Waals surface area contributed by atoms with Crippen molar-refractivity contribution in [3.63, 3.8) is 0 Å². The van der Waals surface area contributed by atoms with Crippen LogP contribution >= 0.6 is 11.8 Å². The number of rotatable bonds is 10. The Bertz CT molecular complexity index is 1720. The summed E-state index contributed by atoms with van der Waals surface area (Å²) < 4.78 is 68.3. The maximum Gasteiger partial charge on any atom is 0.573 e. The molecule has 0 saturated carbocycles. The first-order valence-corrected chi connectivity index (χ1v) is 14.8. The van der Waals surface area contributed by atoms with Gasteiger partial charge in [-0.15, -0.1) is 30.0 Å². The van der Waals surface area contributed by atoms with E-state index in [1.165, 1.54) is 51.9 Å². The maximum absolute atomic E-state index is 14.9. The summed E-state index contributed by atoms with van der Waals surface area (Å²) in [5, 5.41) is 9.40. The third-order valence-electron chi connectivity index (χ3n) is 6.79. The lowest BCUT2D eigenvalue weighted by molar-refractivity contribution is -0.274. The number of aromatic nitrogens is 3. The highest BCUT2D eigenvalue weighted by Crippen LogP contribution is 2.36. The molecule has 0 spiro atoms. The third-order valence-corrected chi connectivity index (χ3v) is 7.85. The van der Waals surface area contributed by atoms with E-state index in [4.69, 9.17) is 9.47 Å². The summed E-state index contributed by atoms with van der Waals surface area (Å²) in [6.07, 6.45) is -3.75. The number of methoxy groups -OCH3 is 1. The van der Waals surface area contributed by atoms with Gasteiger partial charge in [0.15, 0.2) is 11.3 Å². The molecule has 1 saturated heterocycles. The second-order valence-corrected chi connectivity index (χ2v) is 11.1. The zero-order chi connectivity index (χ0) is 33.0. The van der Waals surface area contributed by atoms with Crippen LogP contribution in [-0.4, -0.2) is 51.4 Å². The molecule has 1 aromatic heterocycles. The van der Waals surface area contributed by atoms with Crippen LogP contribution in [0.2, 0.25) is 0 Å². The molecule has 1 fully saturated rings. The molecule has 0 aliphatic carbocycles. The molecule has 3 amide bonds. The van der Waals surface area contributed by atoms with Gasteiger partial charge in [0.25, 0.3) is 0 Å². The molecule has 1 aliphatic rings. The maximum atomic E-state index is 14.9. The van der Waals surface area contributed by atoms with E-state index < -0.39 is 23.7 Å². The van der Waals surface area contributed by atoms with Gasteiger partial charge in [-0.1, -0.05) is 12.1 Å². The molecule has 16 heteroatoms. The number of amides is 3. The van der Waals surface area contributed by atoms with Gasteiger partial charge in [-0.05, 0) is 61.9 Å². The number of aryl methyl sites for hydroxylation is 1. The summed E-state index contributed by atoms with van der Waals surface area (Å²) in [4.78, 5) is 31.3. The van der Waals surface area contributed by atoms with E-state index in [0.717, 1.165) is 29.3 Å². The quantitative estimate of drug-likeness (QED) is 0.196. The summed E-state index contributed by atoms with van der Waals surface area (Å²) in [7, 11) is 1.57. The molecule has 2 unspecified atom stereocenters. The number of ether oxygens (including phenoxy) is 3. The van der Waals surface area contributed by atoms with Crippen LogP contribution < -0.4 is 25.0 Å². The SMILES string of the molecule is COC(C)c1ccc(C)cc1N1C(=O)CSC1NC(=O)Nc1ccc(OCc2ncn(-c3ccc(OC(F)(F)F)cc3)n2)cc1F. The number of nitrogens with zero attached hydrogens (tertiary/aromatic N) is 4. The topological polar surface area (TPSA) is 120 Å². The number of hydrogen-bond donors (Lipinski definition) is 2. The number of carbonyl (C=O) groups excluding carboxylic acids is 2. The average Bonchev–Trinajstić information content (AvgIpc) is 3.63. The van der Waals surface area contributed by atoms with Crippen molar-refractivity contribution in [2.24, 2.45) is 0 Å². The number of hydrogen-bond acceptors (Lipinski definition) is 8. The molecule has 4 aromatic rings. The van der Waals surface area contributed by atoms with Gasteiger partial charge >= 0.3 is 12.4 Å². The van der Waals surface area contributed by atoms with E-state index in [1.54, 1.807) is 7.11 Å². The van der Waals surface area contributed by atoms with E-state index in [0.29, 0.717) is 11.4 Å². The normalized spacial score (nSPS) is 15.5. The number of alkyl halides is 3. The van der Waals surface area contributed by atoms with Gasteiger partial charge < -0.3 is 24.8 Å². The molecular formula is C30H28F4N6O5S. The van der Waals surface area contributed by atoms with Gasteiger partial charge in [0.2, 0.25) is 5.91 Å². The zero-order valence-electron chi connectivity index (χ0n) is 24.7. The highest BCUT2D eigenvalue weighted by atomic mass is 32.2. The lowest BCUT2D eigenvalue weighted by atomic mass is 10.0. The van der Waals surface area contributed by atoms with Gasteiger partial charge in [0, 0.05) is 18.7 Å². The minimum atomic E-state index is -4.80. The Morgan fingerprint density at radius 3 is 2.54 bits per heavy atom. The van der Waals surface area contributed by atoms with E-state index in [2.05, 4.69) is 25.5 Å². The Hall–Kier alpha value is -4.83.